The maximum absolute atomic E-state index is 13.4. The molecular weight excluding hydrogens is 950 g/mol. The summed E-state index contributed by atoms with van der Waals surface area (Å²) in [5.41, 5.74) is -2.60. The van der Waals surface area contributed by atoms with E-state index < -0.39 is 87.2 Å². The van der Waals surface area contributed by atoms with Crippen LogP contribution in [0.3, 0.4) is 0 Å². The fraction of sp³-hybridized carbons (Fsp3) is 0.551. The summed E-state index contributed by atoms with van der Waals surface area (Å²) >= 11 is 0. The Balaban J connectivity index is 0.00000119. The number of benzene rings is 3. The van der Waals surface area contributed by atoms with Crippen molar-refractivity contribution in [1.82, 2.24) is 0 Å². The fourth-order valence-corrected chi connectivity index (χ4v) is 10.3. The number of esters is 4. The van der Waals surface area contributed by atoms with Crippen molar-refractivity contribution in [1.29, 1.82) is 0 Å². The molecule has 0 bridgehead atoms. The van der Waals surface area contributed by atoms with Crippen molar-refractivity contribution in [2.45, 2.75) is 153 Å². The molecule has 0 radical (unpaired) electrons. The largest absolute Gasteiger partial charge is 0.741 e. The van der Waals surface area contributed by atoms with Gasteiger partial charge >= 0.3 is 29.4 Å². The van der Waals surface area contributed by atoms with Crippen LogP contribution in [0.4, 0.5) is 13.2 Å². The van der Waals surface area contributed by atoms with Crippen LogP contribution in [0.2, 0.25) is 0 Å². The fourth-order valence-electron chi connectivity index (χ4n) is 7.37. The number of halogens is 3. The summed E-state index contributed by atoms with van der Waals surface area (Å²) in [5, 5.41) is -0.217. The van der Waals surface area contributed by atoms with Gasteiger partial charge in [0.25, 0.3) is 0 Å². The van der Waals surface area contributed by atoms with Gasteiger partial charge in [0.15, 0.2) is 27.6 Å². The second-order valence-corrected chi connectivity index (χ2v) is 20.0. The first kappa shape index (κ1) is 57.0. The highest BCUT2D eigenvalue weighted by Crippen LogP contribution is 2.37. The van der Waals surface area contributed by atoms with E-state index in [4.69, 9.17) is 50.9 Å². The molecule has 0 aliphatic carbocycles. The predicted octanol–water partition coefficient (Wildman–Crippen LogP) is 7.63. The lowest BCUT2D eigenvalue weighted by atomic mass is 9.98. The molecule has 3 aromatic rings. The van der Waals surface area contributed by atoms with E-state index in [2.05, 4.69) is 0 Å². The van der Waals surface area contributed by atoms with Crippen LogP contribution in [0, 0.1) is 0 Å². The summed E-state index contributed by atoms with van der Waals surface area (Å²) in [5.74, 6) is -1.42. The maximum Gasteiger partial charge on any atom is 0.485 e. The summed E-state index contributed by atoms with van der Waals surface area (Å²) in [4.78, 5) is 53.1. The van der Waals surface area contributed by atoms with E-state index in [-0.39, 0.29) is 42.8 Å². The molecule has 2 aliphatic heterocycles. The average Bonchev–Trinajstić information content (AvgIpc) is 3.63. The van der Waals surface area contributed by atoms with Crippen molar-refractivity contribution in [3.05, 3.63) is 108 Å². The number of carbonyl (C=O) groups is 4. The zero-order chi connectivity index (χ0) is 50.4. The van der Waals surface area contributed by atoms with Crippen molar-refractivity contribution in [3.8, 4) is 0 Å². The van der Waals surface area contributed by atoms with Crippen molar-refractivity contribution >= 4 is 44.9 Å². The topological polar surface area (TPSA) is 199 Å². The van der Waals surface area contributed by atoms with Gasteiger partial charge in [-0.2, -0.15) is 13.2 Å². The highest BCUT2D eigenvalue weighted by Gasteiger charge is 2.59. The smallest absolute Gasteiger partial charge is 0.485 e. The molecule has 0 saturated carbocycles. The van der Waals surface area contributed by atoms with Crippen LogP contribution in [-0.4, -0.2) is 109 Å². The molecule has 9 atom stereocenters. The first-order valence-electron chi connectivity index (χ1n) is 23.0. The molecule has 2 aliphatic rings. The van der Waals surface area contributed by atoms with Crippen LogP contribution in [0.25, 0.3) is 0 Å². The predicted molar refractivity (Wildman–Crippen MR) is 247 cm³/mol. The Kier molecular flexibility index (Phi) is 23.9. The van der Waals surface area contributed by atoms with Crippen LogP contribution in [0.1, 0.15) is 95.8 Å². The third kappa shape index (κ3) is 18.9. The van der Waals surface area contributed by atoms with Crippen LogP contribution in [0.5, 0.6) is 0 Å². The lowest BCUT2D eigenvalue weighted by Crippen LogP contribution is -2.64. The molecule has 69 heavy (non-hydrogen) atoms. The van der Waals surface area contributed by atoms with E-state index >= 15 is 0 Å². The van der Waals surface area contributed by atoms with E-state index in [1.54, 1.807) is 0 Å². The van der Waals surface area contributed by atoms with Crippen LogP contribution in [-0.2, 0) is 97.9 Å². The SMILES string of the molecule is CCCC(=O)OC1O[C@H](C[S+]2C[C@@H](OCc3ccccc3)[C@H](OCc3ccccc3)[C@H]2COCc2ccccc2)[C@@H](OC(=O)CCC)[C@H](OC(=O)CCC)[C@H]1OC(=O)CCC.O=S(=O)([O-])C(F)(F)F. The normalized spacial score (nSPS) is 23.5. The van der Waals surface area contributed by atoms with Crippen LogP contribution in [0.15, 0.2) is 91.0 Å². The second-order valence-electron chi connectivity index (χ2n) is 16.3. The Labute approximate surface area is 405 Å². The monoisotopic (exact) mass is 1010 g/mol. The van der Waals surface area contributed by atoms with Gasteiger partial charge in [-0.3, -0.25) is 19.2 Å². The van der Waals surface area contributed by atoms with E-state index in [1.807, 2.05) is 119 Å². The van der Waals surface area contributed by atoms with Gasteiger partial charge < -0.3 is 42.4 Å². The standard InChI is InChI=1S/C48H63O12S.CHF3O3S/c1-5-18-40(49)57-45-38(56-48(60-43(52)21-8-4)47(59-42(51)20-7-3)46(45)58-41(50)19-6-2)33-61-32-37(54-29-35-24-14-10-15-25-35)44(55-30-36-26-16-11-17-27-36)39(61)31-53-28-34-22-12-9-13-23-34;2-1(3,4)8(5,6)7/h9-17,22-27,37-39,44-48H,5-8,18-21,28-33H2,1-4H3;(H,5,6,7)/q+1;/p-1/t37-,38-,39-,44+,45-,46+,47-,48?,61?;/m1./s1. The molecule has 2 fully saturated rings. The van der Waals surface area contributed by atoms with Crippen molar-refractivity contribution in [2.24, 2.45) is 0 Å². The van der Waals surface area contributed by atoms with Gasteiger partial charge in [0.2, 0.25) is 12.4 Å². The zero-order valence-corrected chi connectivity index (χ0v) is 40.9. The summed E-state index contributed by atoms with van der Waals surface area (Å²) in [6, 6.07) is 29.8. The lowest BCUT2D eigenvalue weighted by molar-refractivity contribution is -0.293. The number of alkyl halides is 3. The van der Waals surface area contributed by atoms with E-state index in [9.17, 15) is 32.3 Å². The van der Waals surface area contributed by atoms with Crippen LogP contribution >= 0.6 is 0 Å². The number of ether oxygens (including phenoxy) is 8. The molecule has 0 N–H and O–H groups in total. The summed E-state index contributed by atoms with van der Waals surface area (Å²) in [7, 11) is -6.69. The number of hydrogen-bond acceptors (Lipinski definition) is 15. The Bertz CT molecular complexity index is 2120. The maximum atomic E-state index is 13.4. The van der Waals surface area contributed by atoms with Crippen LogP contribution < -0.4 is 0 Å². The summed E-state index contributed by atoms with van der Waals surface area (Å²) < 4.78 is 110. The number of rotatable bonds is 24. The molecule has 20 heteroatoms. The Hall–Kier alpha value is -4.57. The highest BCUT2D eigenvalue weighted by atomic mass is 32.2. The van der Waals surface area contributed by atoms with Crippen molar-refractivity contribution in [2.75, 3.05) is 18.1 Å². The van der Waals surface area contributed by atoms with E-state index in [1.165, 1.54) is 0 Å². The van der Waals surface area contributed by atoms with E-state index in [0.717, 1.165) is 16.7 Å². The first-order valence-corrected chi connectivity index (χ1v) is 26.1. The van der Waals surface area contributed by atoms with Gasteiger partial charge in [-0.15, -0.1) is 0 Å². The average molecular weight is 1010 g/mol. The van der Waals surface area contributed by atoms with Crippen molar-refractivity contribution < 1.29 is 83.2 Å². The molecule has 2 heterocycles. The van der Waals surface area contributed by atoms with Gasteiger partial charge in [0, 0.05) is 36.6 Å². The number of hydrogen-bond donors (Lipinski definition) is 0. The Morgan fingerprint density at radius 2 is 1.01 bits per heavy atom. The first-order chi connectivity index (χ1) is 33.0. The van der Waals surface area contributed by atoms with Crippen molar-refractivity contribution in [3.63, 3.8) is 0 Å². The molecular formula is C49H63F3O15S2. The molecule has 5 rings (SSSR count). The second kappa shape index (κ2) is 28.9. The molecule has 15 nitrogen and oxygen atoms in total. The van der Waals surface area contributed by atoms with Gasteiger partial charge in [-0.25, -0.2) is 8.42 Å². The molecule has 2 saturated heterocycles. The summed E-state index contributed by atoms with van der Waals surface area (Å²) in [6.45, 7) is 8.77. The Morgan fingerprint density at radius 3 is 1.46 bits per heavy atom. The van der Waals surface area contributed by atoms with Gasteiger partial charge in [-0.1, -0.05) is 119 Å². The van der Waals surface area contributed by atoms with Gasteiger partial charge in [0.1, 0.15) is 29.8 Å². The zero-order valence-electron chi connectivity index (χ0n) is 39.3. The Morgan fingerprint density at radius 1 is 0.609 bits per heavy atom. The summed E-state index contributed by atoms with van der Waals surface area (Å²) in [6.07, 6.45) is -4.78. The molecule has 0 aromatic heterocycles. The molecule has 2 unspecified atom stereocenters. The molecule has 0 amide bonds. The minimum absolute atomic E-state index is 0.0638. The minimum atomic E-state index is -6.09. The van der Waals surface area contributed by atoms with Gasteiger partial charge in [-0.05, 0) is 42.4 Å². The quantitative estimate of drug-likeness (QED) is 0.0279. The highest BCUT2D eigenvalue weighted by molar-refractivity contribution is 7.97. The van der Waals surface area contributed by atoms with Gasteiger partial charge in [0.05, 0.1) is 26.4 Å². The number of carbonyl (C=O) groups excluding carboxylic acids is 4. The third-order valence-electron chi connectivity index (χ3n) is 10.6. The molecule has 0 spiro atoms. The third-order valence-corrected chi connectivity index (χ3v) is 14.0. The molecule has 3 aromatic carbocycles. The minimum Gasteiger partial charge on any atom is -0.741 e. The van der Waals surface area contributed by atoms with E-state index in [0.29, 0.717) is 57.9 Å². The lowest BCUT2D eigenvalue weighted by Gasteiger charge is -2.43. The molecule has 382 valence electrons.